The summed E-state index contributed by atoms with van der Waals surface area (Å²) in [6.45, 7) is 11.0. The first-order chi connectivity index (χ1) is 17.7. The second-order valence-electron chi connectivity index (χ2n) is 9.83. The van der Waals surface area contributed by atoms with E-state index in [9.17, 15) is 9.59 Å². The number of nitrogens with one attached hydrogen (secondary N) is 1. The monoisotopic (exact) mass is 511 g/mol. The van der Waals surface area contributed by atoms with Crippen molar-refractivity contribution >= 4 is 11.9 Å². The predicted octanol–water partition coefficient (Wildman–Crippen LogP) is 3.93. The van der Waals surface area contributed by atoms with Gasteiger partial charge in [-0.3, -0.25) is 4.79 Å². The maximum absolute atomic E-state index is 13.4. The van der Waals surface area contributed by atoms with Gasteiger partial charge in [-0.1, -0.05) is 66.7 Å². The molecule has 5 atom stereocenters. The third-order valence-electron chi connectivity index (χ3n) is 5.51. The molecule has 3 rings (SSSR count). The minimum atomic E-state index is -1.16. The van der Waals surface area contributed by atoms with Crippen LogP contribution in [0.2, 0.25) is 0 Å². The lowest BCUT2D eigenvalue weighted by Crippen LogP contribution is -2.67. The van der Waals surface area contributed by atoms with E-state index in [4.69, 9.17) is 23.7 Å². The second-order valence-corrected chi connectivity index (χ2v) is 9.83. The third kappa shape index (κ3) is 8.79. The fourth-order valence-corrected chi connectivity index (χ4v) is 3.99. The topological polar surface area (TPSA) is 92.3 Å². The van der Waals surface area contributed by atoms with Gasteiger partial charge in [0.05, 0.1) is 19.8 Å². The molecule has 0 aromatic heterocycles. The normalized spacial score (nSPS) is 23.7. The average Bonchev–Trinajstić information content (AvgIpc) is 2.85. The molecule has 0 saturated carbocycles. The van der Waals surface area contributed by atoms with E-state index in [-0.39, 0.29) is 25.7 Å². The van der Waals surface area contributed by atoms with Crippen LogP contribution in [0.25, 0.3) is 0 Å². The van der Waals surface area contributed by atoms with Gasteiger partial charge in [-0.2, -0.15) is 0 Å². The standard InChI is InChI=1S/C29H37NO7/c1-6-17-33-28-23(30-20(2)31)24(34-18-21-13-9-7-10-14-21)25(35-19-22-15-11-8-12-16-22)26(36-28)27(32)37-29(3,4)5/h6-16,23-26,28H,1,17-19H2,2-5H3,(H,30,31)/t23-,24-,25-,26+,28-/m1/s1. The smallest absolute Gasteiger partial charge is 0.338 e. The molecule has 0 bridgehead atoms. The third-order valence-corrected chi connectivity index (χ3v) is 5.51. The molecule has 1 saturated heterocycles. The van der Waals surface area contributed by atoms with Gasteiger partial charge in [0.1, 0.15) is 23.9 Å². The summed E-state index contributed by atoms with van der Waals surface area (Å²) in [4.78, 5) is 25.6. The molecule has 1 amide bonds. The zero-order chi connectivity index (χ0) is 26.8. The number of amides is 1. The Morgan fingerprint density at radius 1 is 0.919 bits per heavy atom. The van der Waals surface area contributed by atoms with Crippen molar-refractivity contribution in [3.8, 4) is 0 Å². The predicted molar refractivity (Wildman–Crippen MR) is 138 cm³/mol. The van der Waals surface area contributed by atoms with Crippen LogP contribution in [0.5, 0.6) is 0 Å². The van der Waals surface area contributed by atoms with Gasteiger partial charge >= 0.3 is 5.97 Å². The highest BCUT2D eigenvalue weighted by Crippen LogP contribution is 2.30. The first kappa shape index (κ1) is 28.5. The molecule has 2 aromatic carbocycles. The lowest BCUT2D eigenvalue weighted by atomic mass is 9.95. The molecule has 1 N–H and O–H groups in total. The van der Waals surface area contributed by atoms with Crippen molar-refractivity contribution in [2.24, 2.45) is 0 Å². The zero-order valence-electron chi connectivity index (χ0n) is 21.9. The van der Waals surface area contributed by atoms with Gasteiger partial charge in [0.2, 0.25) is 5.91 Å². The summed E-state index contributed by atoms with van der Waals surface area (Å²) in [5, 5.41) is 2.88. The van der Waals surface area contributed by atoms with Crippen LogP contribution in [-0.2, 0) is 46.5 Å². The van der Waals surface area contributed by atoms with Gasteiger partial charge in [0.15, 0.2) is 12.4 Å². The second kappa shape index (κ2) is 13.5. The van der Waals surface area contributed by atoms with Crippen LogP contribution in [0.3, 0.4) is 0 Å². The van der Waals surface area contributed by atoms with Crippen LogP contribution in [-0.4, -0.2) is 54.7 Å². The highest BCUT2D eigenvalue weighted by molar-refractivity contribution is 5.77. The lowest BCUT2D eigenvalue weighted by molar-refractivity contribution is -0.282. The van der Waals surface area contributed by atoms with Gasteiger partial charge in [-0.15, -0.1) is 6.58 Å². The van der Waals surface area contributed by atoms with Gasteiger partial charge in [-0.25, -0.2) is 4.79 Å². The summed E-state index contributed by atoms with van der Waals surface area (Å²) in [5.41, 5.74) is 1.08. The summed E-state index contributed by atoms with van der Waals surface area (Å²) >= 11 is 0. The number of hydrogen-bond donors (Lipinski definition) is 1. The van der Waals surface area contributed by atoms with Crippen LogP contribution in [0.1, 0.15) is 38.8 Å². The van der Waals surface area contributed by atoms with Crippen molar-refractivity contribution < 1.29 is 33.3 Å². The Hall–Kier alpha value is -3.04. The van der Waals surface area contributed by atoms with Gasteiger partial charge in [-0.05, 0) is 31.9 Å². The van der Waals surface area contributed by atoms with E-state index in [0.717, 1.165) is 11.1 Å². The Balaban J connectivity index is 1.98. The lowest BCUT2D eigenvalue weighted by Gasteiger charge is -2.45. The van der Waals surface area contributed by atoms with Crippen LogP contribution in [0.4, 0.5) is 0 Å². The van der Waals surface area contributed by atoms with E-state index in [1.807, 2.05) is 60.7 Å². The maximum Gasteiger partial charge on any atom is 0.338 e. The van der Waals surface area contributed by atoms with Crippen LogP contribution in [0.15, 0.2) is 73.3 Å². The molecule has 8 heteroatoms. The summed E-state index contributed by atoms with van der Waals surface area (Å²) in [6.07, 6.45) is -2.30. The summed E-state index contributed by atoms with van der Waals surface area (Å²) in [7, 11) is 0. The number of esters is 1. The van der Waals surface area contributed by atoms with Crippen molar-refractivity contribution in [1.82, 2.24) is 5.32 Å². The Morgan fingerprint density at radius 3 is 1.95 bits per heavy atom. The van der Waals surface area contributed by atoms with E-state index in [0.29, 0.717) is 0 Å². The first-order valence-electron chi connectivity index (χ1n) is 12.4. The van der Waals surface area contributed by atoms with Crippen molar-refractivity contribution in [2.45, 2.75) is 77.2 Å². The van der Waals surface area contributed by atoms with Crippen LogP contribution < -0.4 is 5.32 Å². The Bertz CT molecular complexity index is 1010. The van der Waals surface area contributed by atoms with Crippen molar-refractivity contribution in [3.63, 3.8) is 0 Å². The molecular formula is C29H37NO7. The van der Waals surface area contributed by atoms with Crippen LogP contribution in [0, 0.1) is 0 Å². The summed E-state index contributed by atoms with van der Waals surface area (Å²) in [5.74, 6) is -0.904. The largest absolute Gasteiger partial charge is 0.458 e. The molecule has 2 aromatic rings. The Labute approximate surface area is 218 Å². The molecule has 0 aliphatic carbocycles. The maximum atomic E-state index is 13.4. The fraction of sp³-hybridized carbons (Fsp3) is 0.448. The SMILES string of the molecule is C=CCO[C@@H]1O[C@H](C(=O)OC(C)(C)C)[C@H](OCc2ccccc2)[C@H](OCc2ccccc2)[C@H]1NC(C)=O. The summed E-state index contributed by atoms with van der Waals surface area (Å²) < 4.78 is 30.3. The molecule has 1 heterocycles. The van der Waals surface area contributed by atoms with Crippen LogP contribution >= 0.6 is 0 Å². The number of benzene rings is 2. The Kier molecular flexibility index (Phi) is 10.4. The number of ether oxygens (including phenoxy) is 5. The van der Waals surface area contributed by atoms with E-state index in [2.05, 4.69) is 11.9 Å². The molecule has 8 nitrogen and oxygen atoms in total. The number of carbonyl (C=O) groups excluding carboxylic acids is 2. The van der Waals surface area contributed by atoms with E-state index in [1.165, 1.54) is 6.92 Å². The first-order valence-corrected chi connectivity index (χ1v) is 12.4. The number of rotatable bonds is 11. The molecule has 1 aliphatic rings. The zero-order valence-corrected chi connectivity index (χ0v) is 21.9. The number of carbonyl (C=O) groups is 2. The van der Waals surface area contributed by atoms with E-state index >= 15 is 0 Å². The highest BCUT2D eigenvalue weighted by Gasteiger charge is 2.52. The van der Waals surface area contributed by atoms with Crippen molar-refractivity contribution in [2.75, 3.05) is 6.61 Å². The molecule has 37 heavy (non-hydrogen) atoms. The molecule has 0 unspecified atom stereocenters. The quantitative estimate of drug-likeness (QED) is 0.361. The minimum absolute atomic E-state index is 0.142. The van der Waals surface area contributed by atoms with Crippen molar-refractivity contribution in [1.29, 1.82) is 0 Å². The molecular weight excluding hydrogens is 474 g/mol. The van der Waals surface area contributed by atoms with Gasteiger partial charge in [0, 0.05) is 6.92 Å². The van der Waals surface area contributed by atoms with Gasteiger partial charge < -0.3 is 29.0 Å². The average molecular weight is 512 g/mol. The highest BCUT2D eigenvalue weighted by atomic mass is 16.7. The van der Waals surface area contributed by atoms with Gasteiger partial charge in [0.25, 0.3) is 0 Å². The Morgan fingerprint density at radius 2 is 1.46 bits per heavy atom. The molecule has 1 aliphatic heterocycles. The fourth-order valence-electron chi connectivity index (χ4n) is 3.99. The minimum Gasteiger partial charge on any atom is -0.458 e. The van der Waals surface area contributed by atoms with E-state index < -0.39 is 42.2 Å². The summed E-state index contributed by atoms with van der Waals surface area (Å²) in [6, 6.07) is 18.4. The number of hydrogen-bond acceptors (Lipinski definition) is 7. The van der Waals surface area contributed by atoms with Crippen molar-refractivity contribution in [3.05, 3.63) is 84.4 Å². The van der Waals surface area contributed by atoms with E-state index in [1.54, 1.807) is 26.8 Å². The molecule has 200 valence electrons. The molecule has 0 spiro atoms. The molecule has 0 radical (unpaired) electrons. The molecule has 1 fully saturated rings.